The molecule has 106 valence electrons. The van der Waals surface area contributed by atoms with Crippen molar-refractivity contribution in [2.24, 2.45) is 11.8 Å². The number of piperidine rings is 1. The number of carbonyl (C=O) groups excluding carboxylic acids is 1. The first-order valence-electron chi connectivity index (χ1n) is 5.70. The molecule has 1 atom stereocenters. The fourth-order valence-corrected chi connectivity index (χ4v) is 2.86. The molecule has 0 saturated carbocycles. The number of thiazole rings is 1. The molecule has 1 aliphatic heterocycles. The van der Waals surface area contributed by atoms with Gasteiger partial charge < -0.3 is 4.90 Å². The van der Waals surface area contributed by atoms with Gasteiger partial charge in [-0.2, -0.15) is 13.2 Å². The van der Waals surface area contributed by atoms with Crippen molar-refractivity contribution < 1.29 is 18.0 Å². The lowest BCUT2D eigenvalue weighted by atomic mass is 9.98. The Morgan fingerprint density at radius 1 is 1.58 bits per heavy atom. The Labute approximate surface area is 111 Å². The SMILES string of the molecule is NNC(=O)c1cnc(N2CCCC(C(F)(F)F)C2)s1. The van der Waals surface area contributed by atoms with Gasteiger partial charge in [0.15, 0.2) is 5.13 Å². The maximum atomic E-state index is 12.7. The monoisotopic (exact) mass is 294 g/mol. The van der Waals surface area contributed by atoms with Crippen LogP contribution in [0.2, 0.25) is 0 Å². The molecule has 19 heavy (non-hydrogen) atoms. The second-order valence-electron chi connectivity index (χ2n) is 4.31. The molecule has 1 saturated heterocycles. The lowest BCUT2D eigenvalue weighted by molar-refractivity contribution is -0.175. The first kappa shape index (κ1) is 14.1. The molecule has 3 N–H and O–H groups in total. The first-order valence-corrected chi connectivity index (χ1v) is 6.52. The van der Waals surface area contributed by atoms with E-state index < -0.39 is 18.0 Å². The number of aromatic nitrogens is 1. The van der Waals surface area contributed by atoms with Gasteiger partial charge in [-0.25, -0.2) is 10.8 Å². The molecule has 9 heteroatoms. The number of nitrogens with one attached hydrogen (secondary N) is 1. The van der Waals surface area contributed by atoms with Crippen molar-refractivity contribution in [2.45, 2.75) is 19.0 Å². The van der Waals surface area contributed by atoms with Crippen LogP contribution < -0.4 is 16.2 Å². The number of alkyl halides is 3. The molecule has 5 nitrogen and oxygen atoms in total. The van der Waals surface area contributed by atoms with Crippen LogP contribution in [0, 0.1) is 5.92 Å². The maximum Gasteiger partial charge on any atom is 0.393 e. The number of nitrogens with two attached hydrogens (primary N) is 1. The molecule has 1 fully saturated rings. The summed E-state index contributed by atoms with van der Waals surface area (Å²) in [6.45, 7) is 0.407. The summed E-state index contributed by atoms with van der Waals surface area (Å²) >= 11 is 1.04. The summed E-state index contributed by atoms with van der Waals surface area (Å²) < 4.78 is 38.1. The minimum absolute atomic E-state index is 0.110. The Kier molecular flexibility index (Phi) is 3.95. The van der Waals surface area contributed by atoms with Gasteiger partial charge in [0, 0.05) is 13.1 Å². The highest BCUT2D eigenvalue weighted by Gasteiger charge is 2.42. The number of nitrogen functional groups attached to an aromatic ring is 1. The van der Waals surface area contributed by atoms with E-state index >= 15 is 0 Å². The number of rotatable bonds is 2. The average molecular weight is 294 g/mol. The van der Waals surface area contributed by atoms with Gasteiger partial charge in [-0.15, -0.1) is 0 Å². The molecule has 1 amide bonds. The van der Waals surface area contributed by atoms with Gasteiger partial charge >= 0.3 is 6.18 Å². The lowest BCUT2D eigenvalue weighted by Gasteiger charge is -2.33. The van der Waals surface area contributed by atoms with Crippen LogP contribution in [0.15, 0.2) is 6.20 Å². The van der Waals surface area contributed by atoms with E-state index in [-0.39, 0.29) is 17.8 Å². The predicted molar refractivity (Wildman–Crippen MR) is 64.8 cm³/mol. The zero-order chi connectivity index (χ0) is 14.0. The smallest absolute Gasteiger partial charge is 0.347 e. The number of carbonyl (C=O) groups is 1. The van der Waals surface area contributed by atoms with E-state index in [1.54, 1.807) is 4.90 Å². The van der Waals surface area contributed by atoms with Gasteiger partial charge in [-0.1, -0.05) is 11.3 Å². The van der Waals surface area contributed by atoms with Crippen LogP contribution in [0.5, 0.6) is 0 Å². The summed E-state index contributed by atoms with van der Waals surface area (Å²) in [5.74, 6) is 3.16. The molecule has 1 aliphatic rings. The highest BCUT2D eigenvalue weighted by molar-refractivity contribution is 7.17. The highest BCUT2D eigenvalue weighted by atomic mass is 32.1. The summed E-state index contributed by atoms with van der Waals surface area (Å²) in [7, 11) is 0. The highest BCUT2D eigenvalue weighted by Crippen LogP contribution is 2.35. The van der Waals surface area contributed by atoms with E-state index in [0.717, 1.165) is 11.3 Å². The van der Waals surface area contributed by atoms with Crippen molar-refractivity contribution in [3.63, 3.8) is 0 Å². The topological polar surface area (TPSA) is 71.2 Å². The Balaban J connectivity index is 2.09. The van der Waals surface area contributed by atoms with Crippen LogP contribution in [-0.2, 0) is 0 Å². The van der Waals surface area contributed by atoms with E-state index in [1.165, 1.54) is 6.20 Å². The Morgan fingerprint density at radius 3 is 2.95 bits per heavy atom. The van der Waals surface area contributed by atoms with Gasteiger partial charge in [-0.3, -0.25) is 10.2 Å². The largest absolute Gasteiger partial charge is 0.393 e. The number of hydrogen-bond acceptors (Lipinski definition) is 5. The van der Waals surface area contributed by atoms with Gasteiger partial charge in [0.05, 0.1) is 12.1 Å². The van der Waals surface area contributed by atoms with Crippen LogP contribution in [-0.4, -0.2) is 30.2 Å². The maximum absolute atomic E-state index is 12.7. The summed E-state index contributed by atoms with van der Waals surface area (Å²) in [5, 5.41) is 0.424. The fraction of sp³-hybridized carbons (Fsp3) is 0.600. The van der Waals surface area contributed by atoms with Crippen molar-refractivity contribution in [3.05, 3.63) is 11.1 Å². The van der Waals surface area contributed by atoms with Crippen LogP contribution in [0.1, 0.15) is 22.5 Å². The standard InChI is InChI=1S/C10H13F3N4OS/c11-10(12,13)6-2-1-3-17(5-6)9-15-4-7(19-9)8(18)16-14/h4,6H,1-3,5,14H2,(H,16,18). The number of nitrogens with zero attached hydrogens (tertiary/aromatic N) is 2. The molecule has 0 aromatic carbocycles. The van der Waals surface area contributed by atoms with Crippen LogP contribution in [0.3, 0.4) is 0 Å². The minimum atomic E-state index is -4.19. The van der Waals surface area contributed by atoms with E-state index in [4.69, 9.17) is 5.84 Å². The Bertz CT molecular complexity index is 462. The first-order chi connectivity index (χ1) is 8.91. The van der Waals surface area contributed by atoms with Gasteiger partial charge in [-0.05, 0) is 12.8 Å². The molecule has 2 rings (SSSR count). The van der Waals surface area contributed by atoms with Crippen LogP contribution in [0.25, 0.3) is 0 Å². The Morgan fingerprint density at radius 2 is 2.32 bits per heavy atom. The molecule has 0 aliphatic carbocycles. The van der Waals surface area contributed by atoms with Crippen molar-refractivity contribution in [1.29, 1.82) is 0 Å². The van der Waals surface area contributed by atoms with Gasteiger partial charge in [0.1, 0.15) is 4.88 Å². The van der Waals surface area contributed by atoms with E-state index in [1.807, 2.05) is 5.43 Å². The minimum Gasteiger partial charge on any atom is -0.347 e. The van der Waals surface area contributed by atoms with E-state index in [9.17, 15) is 18.0 Å². The third-order valence-electron chi connectivity index (χ3n) is 3.00. The Hall–Kier alpha value is -1.35. The molecule has 0 spiro atoms. The van der Waals surface area contributed by atoms with E-state index in [0.29, 0.717) is 18.1 Å². The molecule has 1 aromatic rings. The third kappa shape index (κ3) is 3.16. The quantitative estimate of drug-likeness (QED) is 0.493. The normalized spacial score (nSPS) is 20.4. The van der Waals surface area contributed by atoms with Crippen LogP contribution >= 0.6 is 11.3 Å². The number of halogens is 3. The predicted octanol–water partition coefficient (Wildman–Crippen LogP) is 1.53. The average Bonchev–Trinajstić information content (AvgIpc) is 2.86. The summed E-state index contributed by atoms with van der Waals surface area (Å²) in [6, 6.07) is 0. The van der Waals surface area contributed by atoms with E-state index in [2.05, 4.69) is 4.98 Å². The molecule has 0 radical (unpaired) electrons. The number of hydrazine groups is 1. The van der Waals surface area contributed by atoms with Crippen LogP contribution in [0.4, 0.5) is 18.3 Å². The number of anilines is 1. The summed E-state index contributed by atoms with van der Waals surface area (Å²) in [6.07, 6.45) is -2.27. The number of amides is 1. The van der Waals surface area contributed by atoms with Crippen molar-refractivity contribution in [3.8, 4) is 0 Å². The van der Waals surface area contributed by atoms with Crippen molar-refractivity contribution in [2.75, 3.05) is 18.0 Å². The molecule has 0 bridgehead atoms. The second kappa shape index (κ2) is 5.33. The molecule has 1 unspecified atom stereocenters. The zero-order valence-corrected chi connectivity index (χ0v) is 10.7. The lowest BCUT2D eigenvalue weighted by Crippen LogP contribution is -2.41. The molecular weight excluding hydrogens is 281 g/mol. The van der Waals surface area contributed by atoms with Crippen molar-refractivity contribution in [1.82, 2.24) is 10.4 Å². The molecular formula is C10H13F3N4OS. The second-order valence-corrected chi connectivity index (χ2v) is 5.32. The summed E-state index contributed by atoms with van der Waals surface area (Å²) in [4.78, 5) is 17.1. The van der Waals surface area contributed by atoms with Gasteiger partial charge in [0.2, 0.25) is 0 Å². The van der Waals surface area contributed by atoms with Crippen molar-refractivity contribution >= 4 is 22.4 Å². The number of hydrogen-bond donors (Lipinski definition) is 2. The third-order valence-corrected chi connectivity index (χ3v) is 4.06. The molecule has 1 aromatic heterocycles. The fourth-order valence-electron chi connectivity index (χ4n) is 2.01. The molecule has 2 heterocycles. The summed E-state index contributed by atoms with van der Waals surface area (Å²) in [5.41, 5.74) is 1.96. The van der Waals surface area contributed by atoms with Gasteiger partial charge in [0.25, 0.3) is 5.91 Å². The zero-order valence-electron chi connectivity index (χ0n) is 9.91.